The Morgan fingerprint density at radius 3 is 2.85 bits per heavy atom. The zero-order valence-corrected chi connectivity index (χ0v) is 8.06. The van der Waals surface area contributed by atoms with Gasteiger partial charge in [-0.05, 0) is 49.4 Å². The smallest absolute Gasteiger partial charge is 0.0384 e. The van der Waals surface area contributed by atoms with Crippen molar-refractivity contribution in [3.05, 3.63) is 41.6 Å². The van der Waals surface area contributed by atoms with Gasteiger partial charge in [0.2, 0.25) is 0 Å². The first kappa shape index (κ1) is 8.36. The van der Waals surface area contributed by atoms with Crippen LogP contribution in [0.15, 0.2) is 30.5 Å². The minimum Gasteiger partial charge on any atom is -0.360 e. The van der Waals surface area contributed by atoms with Gasteiger partial charge in [-0.15, -0.1) is 0 Å². The maximum Gasteiger partial charge on any atom is 0.0384 e. The highest BCUT2D eigenvalue weighted by Crippen LogP contribution is 2.25. The Balaban J connectivity index is 2.25. The second-order valence-electron chi connectivity index (χ2n) is 3.74. The second kappa shape index (κ2) is 3.25. The first-order valence-electron chi connectivity index (χ1n) is 4.80. The number of benzene rings is 1. The molecule has 0 bridgehead atoms. The van der Waals surface area contributed by atoms with E-state index < -0.39 is 0 Å². The lowest BCUT2D eigenvalue weighted by Crippen LogP contribution is -1.94. The predicted octanol–water partition coefficient (Wildman–Crippen LogP) is 3.12. The normalized spacial score (nSPS) is 13.9. The summed E-state index contributed by atoms with van der Waals surface area (Å²) in [5.41, 5.74) is 5.20. The highest BCUT2D eigenvalue weighted by molar-refractivity contribution is 5.52. The number of allylic oxidation sites excluding steroid dienone is 1. The van der Waals surface area contributed by atoms with Crippen molar-refractivity contribution >= 4 is 5.69 Å². The molecule has 0 unspecified atom stereocenters. The van der Waals surface area contributed by atoms with Crippen LogP contribution >= 0.6 is 0 Å². The minimum atomic E-state index is 0.998. The Kier molecular flexibility index (Phi) is 2.09. The molecule has 0 radical (unpaired) electrons. The van der Waals surface area contributed by atoms with E-state index in [9.17, 15) is 0 Å². The van der Waals surface area contributed by atoms with Gasteiger partial charge in [0.25, 0.3) is 0 Å². The van der Waals surface area contributed by atoms with Crippen molar-refractivity contribution in [1.82, 2.24) is 0 Å². The molecule has 68 valence electrons. The van der Waals surface area contributed by atoms with E-state index >= 15 is 0 Å². The molecule has 0 saturated heterocycles. The van der Waals surface area contributed by atoms with Crippen LogP contribution in [0.1, 0.15) is 24.5 Å². The summed E-state index contributed by atoms with van der Waals surface area (Å²) >= 11 is 0. The molecular weight excluding hydrogens is 158 g/mol. The molecule has 13 heavy (non-hydrogen) atoms. The second-order valence-corrected chi connectivity index (χ2v) is 3.74. The van der Waals surface area contributed by atoms with Crippen molar-refractivity contribution in [2.45, 2.75) is 26.2 Å². The van der Waals surface area contributed by atoms with Crippen LogP contribution in [0.3, 0.4) is 0 Å². The van der Waals surface area contributed by atoms with Crippen LogP contribution in [-0.4, -0.2) is 0 Å². The first-order chi connectivity index (χ1) is 6.25. The van der Waals surface area contributed by atoms with E-state index in [0.717, 1.165) is 5.70 Å². The van der Waals surface area contributed by atoms with E-state index in [1.807, 2.05) is 6.92 Å². The molecule has 1 heteroatoms. The van der Waals surface area contributed by atoms with Crippen molar-refractivity contribution in [3.8, 4) is 0 Å². The third-order valence-corrected chi connectivity index (χ3v) is 2.46. The topological polar surface area (TPSA) is 12.0 Å². The minimum absolute atomic E-state index is 0.998. The molecule has 0 fully saturated rings. The van der Waals surface area contributed by atoms with Crippen molar-refractivity contribution in [2.24, 2.45) is 0 Å². The molecule has 0 atom stereocenters. The summed E-state index contributed by atoms with van der Waals surface area (Å²) in [6.45, 7) is 5.81. The monoisotopic (exact) mass is 173 g/mol. The van der Waals surface area contributed by atoms with E-state index in [1.165, 1.54) is 36.1 Å². The Labute approximate surface area is 79.5 Å². The number of rotatable bonds is 2. The van der Waals surface area contributed by atoms with E-state index in [4.69, 9.17) is 0 Å². The molecule has 1 aliphatic carbocycles. The largest absolute Gasteiger partial charge is 0.360 e. The fourth-order valence-corrected chi connectivity index (χ4v) is 1.90. The highest BCUT2D eigenvalue weighted by Gasteiger charge is 2.10. The number of hydrogen-bond donors (Lipinski definition) is 1. The van der Waals surface area contributed by atoms with Crippen LogP contribution in [0.2, 0.25) is 0 Å². The zero-order valence-electron chi connectivity index (χ0n) is 8.06. The van der Waals surface area contributed by atoms with Gasteiger partial charge in [0.05, 0.1) is 0 Å². The fraction of sp³-hybridized carbons (Fsp3) is 0.333. The van der Waals surface area contributed by atoms with Gasteiger partial charge in [-0.2, -0.15) is 0 Å². The quantitative estimate of drug-likeness (QED) is 0.724. The van der Waals surface area contributed by atoms with Gasteiger partial charge in [0.1, 0.15) is 0 Å². The van der Waals surface area contributed by atoms with Crippen LogP contribution in [-0.2, 0) is 12.8 Å². The molecule has 2 rings (SSSR count). The van der Waals surface area contributed by atoms with Gasteiger partial charge in [-0.3, -0.25) is 0 Å². The maximum atomic E-state index is 3.83. The Morgan fingerprint density at radius 1 is 1.31 bits per heavy atom. The maximum absolute atomic E-state index is 3.83. The molecule has 0 amide bonds. The van der Waals surface area contributed by atoms with E-state index in [1.54, 1.807) is 0 Å². The van der Waals surface area contributed by atoms with Crippen LogP contribution in [0.4, 0.5) is 5.69 Å². The van der Waals surface area contributed by atoms with Crippen LogP contribution in [0.5, 0.6) is 0 Å². The van der Waals surface area contributed by atoms with Crippen LogP contribution in [0.25, 0.3) is 0 Å². The molecule has 0 aliphatic heterocycles. The third-order valence-electron chi connectivity index (χ3n) is 2.46. The third kappa shape index (κ3) is 1.74. The lowest BCUT2D eigenvalue weighted by Gasteiger charge is -2.07. The average Bonchev–Trinajstić information content (AvgIpc) is 2.49. The number of anilines is 1. The molecule has 1 nitrogen and oxygen atoms in total. The van der Waals surface area contributed by atoms with E-state index in [2.05, 4.69) is 30.1 Å². The van der Waals surface area contributed by atoms with Crippen molar-refractivity contribution in [1.29, 1.82) is 0 Å². The summed E-state index contributed by atoms with van der Waals surface area (Å²) in [6.07, 6.45) is 3.80. The van der Waals surface area contributed by atoms with Gasteiger partial charge in [0, 0.05) is 11.4 Å². The molecule has 0 spiro atoms. The molecule has 0 heterocycles. The summed E-state index contributed by atoms with van der Waals surface area (Å²) in [7, 11) is 0. The van der Waals surface area contributed by atoms with E-state index in [-0.39, 0.29) is 0 Å². The number of nitrogens with one attached hydrogen (secondary N) is 1. The molecule has 0 saturated carbocycles. The SMILES string of the molecule is C=C(C)Nc1ccc2c(c1)CCC2. The highest BCUT2D eigenvalue weighted by atomic mass is 14.9. The summed E-state index contributed by atoms with van der Waals surface area (Å²) < 4.78 is 0. The Bertz CT molecular complexity index is 339. The summed E-state index contributed by atoms with van der Waals surface area (Å²) in [6, 6.07) is 6.61. The summed E-state index contributed by atoms with van der Waals surface area (Å²) in [4.78, 5) is 0. The molecule has 1 aromatic rings. The zero-order chi connectivity index (χ0) is 9.26. The van der Waals surface area contributed by atoms with Gasteiger partial charge >= 0.3 is 0 Å². The molecule has 1 aliphatic rings. The predicted molar refractivity (Wildman–Crippen MR) is 56.9 cm³/mol. The average molecular weight is 173 g/mol. The number of aryl methyl sites for hydroxylation is 2. The Morgan fingerprint density at radius 2 is 2.08 bits per heavy atom. The summed E-state index contributed by atoms with van der Waals surface area (Å²) in [5.74, 6) is 0. The van der Waals surface area contributed by atoms with Crippen molar-refractivity contribution < 1.29 is 0 Å². The van der Waals surface area contributed by atoms with Gasteiger partial charge in [-0.25, -0.2) is 0 Å². The Hall–Kier alpha value is -1.24. The molecule has 0 aromatic heterocycles. The van der Waals surface area contributed by atoms with Gasteiger partial charge in [-0.1, -0.05) is 12.6 Å². The van der Waals surface area contributed by atoms with E-state index in [0.29, 0.717) is 0 Å². The molecular formula is C12H15N. The van der Waals surface area contributed by atoms with Gasteiger partial charge < -0.3 is 5.32 Å². The molecule has 1 aromatic carbocycles. The van der Waals surface area contributed by atoms with Crippen molar-refractivity contribution in [2.75, 3.05) is 5.32 Å². The van der Waals surface area contributed by atoms with Crippen LogP contribution in [0, 0.1) is 0 Å². The number of fused-ring (bicyclic) bond motifs is 1. The lowest BCUT2D eigenvalue weighted by atomic mass is 10.1. The fourth-order valence-electron chi connectivity index (χ4n) is 1.90. The molecule has 1 N–H and O–H groups in total. The van der Waals surface area contributed by atoms with Gasteiger partial charge in [0.15, 0.2) is 0 Å². The van der Waals surface area contributed by atoms with Crippen LogP contribution < -0.4 is 5.32 Å². The lowest BCUT2D eigenvalue weighted by molar-refractivity contribution is 0.912. The van der Waals surface area contributed by atoms with Crippen molar-refractivity contribution in [3.63, 3.8) is 0 Å². The first-order valence-corrected chi connectivity index (χ1v) is 4.80. The standard InChI is InChI=1S/C12H15N/c1-9(2)13-12-7-6-10-4-3-5-11(10)8-12/h6-8,13H,1,3-5H2,2H3. The number of hydrogen-bond acceptors (Lipinski definition) is 1. The summed E-state index contributed by atoms with van der Waals surface area (Å²) in [5, 5.41) is 3.24.